The van der Waals surface area contributed by atoms with Crippen LogP contribution in [0.2, 0.25) is 0 Å². The van der Waals surface area contributed by atoms with E-state index in [0.717, 1.165) is 30.5 Å². The topological polar surface area (TPSA) is 77.7 Å². The number of nitrogens with one attached hydrogen (secondary N) is 2. The molecule has 2 aromatic rings. The predicted molar refractivity (Wildman–Crippen MR) is 91.0 cm³/mol. The van der Waals surface area contributed by atoms with E-state index < -0.39 is 0 Å². The summed E-state index contributed by atoms with van der Waals surface area (Å²) in [6.07, 6.45) is 1.47. The number of rotatable bonds is 4. The largest absolute Gasteiger partial charge is 0.453 e. The van der Waals surface area contributed by atoms with Crippen molar-refractivity contribution in [2.24, 2.45) is 0 Å². The Morgan fingerprint density at radius 3 is 2.71 bits per heavy atom. The van der Waals surface area contributed by atoms with Gasteiger partial charge in [0.15, 0.2) is 0 Å². The molecule has 1 aliphatic heterocycles. The highest BCUT2D eigenvalue weighted by Crippen LogP contribution is 2.17. The molecule has 128 valence electrons. The highest BCUT2D eigenvalue weighted by molar-refractivity contribution is 6.06. The number of H-pyrrole nitrogens is 1. The number of aromatic nitrogens is 1. The number of fused-ring (bicyclic) bond motifs is 1. The number of nitrogens with zero attached hydrogens (tertiary/aromatic N) is 2. The maximum absolute atomic E-state index is 12.3. The molecule has 0 saturated carbocycles. The second-order valence-corrected chi connectivity index (χ2v) is 5.80. The van der Waals surface area contributed by atoms with Crippen molar-refractivity contribution in [3.8, 4) is 0 Å². The summed E-state index contributed by atoms with van der Waals surface area (Å²) in [5.74, 6) is -0.0688. The number of piperazine rings is 1. The summed E-state index contributed by atoms with van der Waals surface area (Å²) < 4.78 is 4.72. The minimum Gasteiger partial charge on any atom is -0.453 e. The van der Waals surface area contributed by atoms with E-state index in [9.17, 15) is 9.59 Å². The first-order chi connectivity index (χ1) is 11.7. The van der Waals surface area contributed by atoms with Crippen molar-refractivity contribution in [1.29, 1.82) is 0 Å². The smallest absolute Gasteiger partial charge is 0.409 e. The van der Waals surface area contributed by atoms with Crippen LogP contribution in [0.15, 0.2) is 30.5 Å². The van der Waals surface area contributed by atoms with Crippen molar-refractivity contribution in [3.05, 3.63) is 36.0 Å². The molecule has 1 saturated heterocycles. The van der Waals surface area contributed by atoms with Gasteiger partial charge in [-0.25, -0.2) is 4.79 Å². The van der Waals surface area contributed by atoms with Crippen LogP contribution in [0.5, 0.6) is 0 Å². The van der Waals surface area contributed by atoms with Gasteiger partial charge in [0.2, 0.25) is 0 Å². The van der Waals surface area contributed by atoms with Gasteiger partial charge in [-0.15, -0.1) is 0 Å². The van der Waals surface area contributed by atoms with E-state index in [0.29, 0.717) is 25.2 Å². The predicted octanol–water partition coefficient (Wildman–Crippen LogP) is 1.28. The molecular weight excluding hydrogens is 308 g/mol. The molecule has 0 aliphatic carbocycles. The summed E-state index contributed by atoms with van der Waals surface area (Å²) in [6.45, 7) is 4.24. The summed E-state index contributed by atoms with van der Waals surface area (Å²) in [4.78, 5) is 30.8. The van der Waals surface area contributed by atoms with Crippen LogP contribution in [0.3, 0.4) is 0 Å². The van der Waals surface area contributed by atoms with Gasteiger partial charge in [-0.1, -0.05) is 18.2 Å². The maximum Gasteiger partial charge on any atom is 0.409 e. The molecule has 7 nitrogen and oxygen atoms in total. The van der Waals surface area contributed by atoms with E-state index in [-0.39, 0.29) is 12.0 Å². The fourth-order valence-corrected chi connectivity index (χ4v) is 2.97. The summed E-state index contributed by atoms with van der Waals surface area (Å²) in [5, 5.41) is 3.90. The van der Waals surface area contributed by atoms with E-state index in [1.54, 1.807) is 11.1 Å². The molecule has 2 heterocycles. The molecule has 0 bridgehead atoms. The highest BCUT2D eigenvalue weighted by Gasteiger charge is 2.21. The summed E-state index contributed by atoms with van der Waals surface area (Å²) >= 11 is 0. The lowest BCUT2D eigenvalue weighted by atomic mass is 10.1. The third-order valence-electron chi connectivity index (χ3n) is 4.35. The average molecular weight is 330 g/mol. The van der Waals surface area contributed by atoms with Gasteiger partial charge in [0, 0.05) is 56.4 Å². The SMILES string of the molecule is COC(=O)N1CCN(CCNC(=O)c2c[nH]c3ccccc23)CC1. The fraction of sp³-hybridized carbons (Fsp3) is 0.412. The molecule has 3 rings (SSSR count). The second kappa shape index (κ2) is 7.35. The second-order valence-electron chi connectivity index (χ2n) is 5.80. The van der Waals surface area contributed by atoms with Gasteiger partial charge in [-0.3, -0.25) is 9.69 Å². The zero-order chi connectivity index (χ0) is 16.9. The van der Waals surface area contributed by atoms with E-state index in [2.05, 4.69) is 15.2 Å². The molecule has 2 amide bonds. The number of amides is 2. The van der Waals surface area contributed by atoms with Crippen LogP contribution in [-0.2, 0) is 4.74 Å². The number of para-hydroxylation sites is 1. The molecule has 7 heteroatoms. The Morgan fingerprint density at radius 1 is 1.21 bits per heavy atom. The Morgan fingerprint density at radius 2 is 1.96 bits per heavy atom. The standard InChI is InChI=1S/C17H22N4O3/c1-24-17(23)21-10-8-20(9-11-21)7-6-18-16(22)14-12-19-15-5-3-2-4-13(14)15/h2-5,12,19H,6-11H2,1H3,(H,18,22). The van der Waals surface area contributed by atoms with E-state index >= 15 is 0 Å². The first-order valence-corrected chi connectivity index (χ1v) is 8.08. The normalized spacial score (nSPS) is 15.5. The Labute approximate surface area is 140 Å². The maximum atomic E-state index is 12.3. The molecule has 1 fully saturated rings. The van der Waals surface area contributed by atoms with Crippen molar-refractivity contribution in [1.82, 2.24) is 20.1 Å². The Bertz CT molecular complexity index is 719. The lowest BCUT2D eigenvalue weighted by Gasteiger charge is -2.33. The molecule has 0 atom stereocenters. The third kappa shape index (κ3) is 3.51. The van der Waals surface area contributed by atoms with Crippen LogP contribution in [0.25, 0.3) is 10.9 Å². The van der Waals surface area contributed by atoms with E-state index in [1.165, 1.54) is 7.11 Å². The first kappa shape index (κ1) is 16.3. The van der Waals surface area contributed by atoms with Crippen LogP contribution < -0.4 is 5.32 Å². The van der Waals surface area contributed by atoms with Gasteiger partial charge >= 0.3 is 6.09 Å². The Balaban J connectivity index is 1.45. The van der Waals surface area contributed by atoms with Gasteiger partial charge < -0.3 is 19.9 Å². The summed E-state index contributed by atoms with van der Waals surface area (Å²) in [6, 6.07) is 7.75. The number of benzene rings is 1. The molecule has 24 heavy (non-hydrogen) atoms. The molecule has 0 spiro atoms. The van der Waals surface area contributed by atoms with E-state index in [4.69, 9.17) is 4.74 Å². The monoisotopic (exact) mass is 330 g/mol. The highest BCUT2D eigenvalue weighted by atomic mass is 16.5. The molecule has 1 aromatic carbocycles. The van der Waals surface area contributed by atoms with Crippen molar-refractivity contribution in [3.63, 3.8) is 0 Å². The first-order valence-electron chi connectivity index (χ1n) is 8.08. The fourth-order valence-electron chi connectivity index (χ4n) is 2.97. The van der Waals surface area contributed by atoms with Gasteiger partial charge in [0.25, 0.3) is 5.91 Å². The van der Waals surface area contributed by atoms with Crippen molar-refractivity contribution in [2.45, 2.75) is 0 Å². The van der Waals surface area contributed by atoms with Gasteiger partial charge in [-0.2, -0.15) is 0 Å². The number of carbonyl (C=O) groups is 2. The van der Waals surface area contributed by atoms with E-state index in [1.807, 2.05) is 24.3 Å². The summed E-state index contributed by atoms with van der Waals surface area (Å²) in [5.41, 5.74) is 1.63. The van der Waals surface area contributed by atoms with Crippen LogP contribution in [-0.4, -0.2) is 73.2 Å². The molecule has 1 aromatic heterocycles. The number of hydrogen-bond donors (Lipinski definition) is 2. The van der Waals surface area contributed by atoms with Crippen LogP contribution in [0, 0.1) is 0 Å². The average Bonchev–Trinajstić information content (AvgIpc) is 3.06. The quantitative estimate of drug-likeness (QED) is 0.885. The zero-order valence-electron chi connectivity index (χ0n) is 13.7. The molecular formula is C17H22N4O3. The number of ether oxygens (including phenoxy) is 1. The van der Waals surface area contributed by atoms with Gasteiger partial charge in [-0.05, 0) is 6.07 Å². The van der Waals surface area contributed by atoms with Gasteiger partial charge in [0.1, 0.15) is 0 Å². The van der Waals surface area contributed by atoms with Crippen molar-refractivity contribution < 1.29 is 14.3 Å². The Kier molecular flexibility index (Phi) is 5.00. The molecule has 2 N–H and O–H groups in total. The number of carbonyl (C=O) groups excluding carboxylic acids is 2. The number of methoxy groups -OCH3 is 1. The summed E-state index contributed by atoms with van der Waals surface area (Å²) in [7, 11) is 1.40. The molecule has 0 radical (unpaired) electrons. The van der Waals surface area contributed by atoms with Crippen LogP contribution >= 0.6 is 0 Å². The van der Waals surface area contributed by atoms with Crippen molar-refractivity contribution in [2.75, 3.05) is 46.4 Å². The lowest BCUT2D eigenvalue weighted by molar-refractivity contribution is 0.0885. The van der Waals surface area contributed by atoms with Crippen molar-refractivity contribution >= 4 is 22.9 Å². The Hall–Kier alpha value is -2.54. The van der Waals surface area contributed by atoms with Crippen LogP contribution in [0.1, 0.15) is 10.4 Å². The molecule has 1 aliphatic rings. The third-order valence-corrected chi connectivity index (χ3v) is 4.35. The zero-order valence-corrected chi connectivity index (χ0v) is 13.7. The number of hydrogen-bond acceptors (Lipinski definition) is 4. The van der Waals surface area contributed by atoms with Crippen LogP contribution in [0.4, 0.5) is 4.79 Å². The van der Waals surface area contributed by atoms with Gasteiger partial charge in [0.05, 0.1) is 12.7 Å². The minimum atomic E-state index is -0.276. The molecule has 0 unspecified atom stereocenters. The number of aromatic amines is 1. The lowest BCUT2D eigenvalue weighted by Crippen LogP contribution is -2.50. The minimum absolute atomic E-state index is 0.0688.